The van der Waals surface area contributed by atoms with E-state index in [4.69, 9.17) is 9.73 Å². The smallest absolute Gasteiger partial charge is 0.146 e. The SMILES string of the molecule is CC(C)Oc1cccc2c1N([O])C(C)(c1ccccc1)C2=Nc1ccccc1. The summed E-state index contributed by atoms with van der Waals surface area (Å²) < 4.78 is 5.96. The van der Waals surface area contributed by atoms with Gasteiger partial charge in [0.15, 0.2) is 0 Å². The van der Waals surface area contributed by atoms with E-state index >= 15 is 0 Å². The zero-order valence-corrected chi connectivity index (χ0v) is 16.3. The van der Waals surface area contributed by atoms with Crippen molar-refractivity contribution in [2.45, 2.75) is 32.4 Å². The minimum absolute atomic E-state index is 0.0296. The van der Waals surface area contributed by atoms with Crippen LogP contribution in [0.25, 0.3) is 0 Å². The molecule has 0 saturated heterocycles. The van der Waals surface area contributed by atoms with Gasteiger partial charge in [-0.15, -0.1) is 0 Å². The van der Waals surface area contributed by atoms with Crippen molar-refractivity contribution < 1.29 is 9.94 Å². The fourth-order valence-electron chi connectivity index (χ4n) is 3.67. The fraction of sp³-hybridized carbons (Fsp3) is 0.208. The van der Waals surface area contributed by atoms with Crippen molar-refractivity contribution in [3.63, 3.8) is 0 Å². The molecule has 28 heavy (non-hydrogen) atoms. The van der Waals surface area contributed by atoms with Crippen LogP contribution < -0.4 is 9.80 Å². The Balaban J connectivity index is 1.97. The van der Waals surface area contributed by atoms with Gasteiger partial charge in [0, 0.05) is 5.56 Å². The zero-order chi connectivity index (χ0) is 19.7. The Kier molecular flexibility index (Phi) is 4.65. The van der Waals surface area contributed by atoms with E-state index in [0.717, 1.165) is 27.6 Å². The second kappa shape index (κ2) is 7.13. The van der Waals surface area contributed by atoms with Gasteiger partial charge in [-0.3, -0.25) is 0 Å². The zero-order valence-electron chi connectivity index (χ0n) is 16.3. The molecule has 0 amide bonds. The molecule has 0 bridgehead atoms. The molecule has 1 aliphatic heterocycles. The Labute approximate surface area is 165 Å². The van der Waals surface area contributed by atoms with Crippen molar-refractivity contribution in [2.75, 3.05) is 5.06 Å². The number of hydroxylamine groups is 1. The Morgan fingerprint density at radius 1 is 0.893 bits per heavy atom. The predicted octanol–water partition coefficient (Wildman–Crippen LogP) is 5.68. The Bertz CT molecular complexity index is 1000. The third kappa shape index (κ3) is 2.96. The van der Waals surface area contributed by atoms with E-state index in [2.05, 4.69) is 0 Å². The van der Waals surface area contributed by atoms with Crippen molar-refractivity contribution >= 4 is 17.1 Å². The molecule has 3 aromatic carbocycles. The number of hydrogen-bond donors (Lipinski definition) is 0. The van der Waals surface area contributed by atoms with Crippen molar-refractivity contribution in [3.8, 4) is 5.75 Å². The van der Waals surface area contributed by atoms with Crippen LogP contribution in [-0.2, 0) is 10.7 Å². The van der Waals surface area contributed by atoms with Crippen LogP contribution in [0.4, 0.5) is 11.4 Å². The lowest BCUT2D eigenvalue weighted by Gasteiger charge is -2.31. The average molecular weight is 371 g/mol. The molecule has 1 aliphatic rings. The summed E-state index contributed by atoms with van der Waals surface area (Å²) in [4.78, 5) is 4.92. The number of benzene rings is 3. The van der Waals surface area contributed by atoms with Crippen LogP contribution in [0.2, 0.25) is 0 Å². The van der Waals surface area contributed by atoms with E-state index < -0.39 is 5.54 Å². The molecule has 4 heteroatoms. The first kappa shape index (κ1) is 18.3. The van der Waals surface area contributed by atoms with Gasteiger partial charge >= 0.3 is 0 Å². The maximum atomic E-state index is 13.7. The molecule has 141 valence electrons. The molecule has 4 nitrogen and oxygen atoms in total. The molecule has 0 aliphatic carbocycles. The van der Waals surface area contributed by atoms with Gasteiger partial charge in [-0.1, -0.05) is 65.9 Å². The third-order valence-electron chi connectivity index (χ3n) is 5.02. The molecule has 4 rings (SSSR count). The molecule has 1 radical (unpaired) electrons. The Hall–Kier alpha value is -3.11. The first-order valence-electron chi connectivity index (χ1n) is 9.49. The molecule has 0 saturated carbocycles. The number of para-hydroxylation sites is 2. The summed E-state index contributed by atoms with van der Waals surface area (Å²) in [5.41, 5.74) is 2.84. The highest BCUT2D eigenvalue weighted by Gasteiger charge is 2.49. The van der Waals surface area contributed by atoms with Gasteiger partial charge < -0.3 is 4.74 Å². The Morgan fingerprint density at radius 3 is 2.18 bits per heavy atom. The standard InChI is InChI=1S/C24H23N2O2/c1-17(2)28-21-16-10-15-20-22(21)26(27)24(3,18-11-6-4-7-12-18)23(20)25-19-13-8-5-9-14-19/h4-17H,1-3H3. The van der Waals surface area contributed by atoms with Crippen LogP contribution in [-0.4, -0.2) is 11.8 Å². The van der Waals surface area contributed by atoms with Crippen LogP contribution in [0.3, 0.4) is 0 Å². The van der Waals surface area contributed by atoms with Gasteiger partial charge in [-0.2, -0.15) is 5.06 Å². The first-order chi connectivity index (χ1) is 13.5. The molecule has 0 aromatic heterocycles. The van der Waals surface area contributed by atoms with E-state index in [9.17, 15) is 5.21 Å². The minimum atomic E-state index is -0.949. The minimum Gasteiger partial charge on any atom is -0.489 e. The van der Waals surface area contributed by atoms with E-state index in [1.54, 1.807) is 0 Å². The lowest BCUT2D eigenvalue weighted by Crippen LogP contribution is -2.42. The lowest BCUT2D eigenvalue weighted by atomic mass is 9.86. The molecule has 3 aromatic rings. The van der Waals surface area contributed by atoms with Crippen LogP contribution in [0, 0.1) is 0 Å². The van der Waals surface area contributed by atoms with Gasteiger partial charge in [0.2, 0.25) is 0 Å². The number of hydrogen-bond acceptors (Lipinski definition) is 3. The number of anilines is 1. The molecule has 0 fully saturated rings. The molecule has 1 unspecified atom stereocenters. The van der Waals surface area contributed by atoms with Gasteiger partial charge in [0.25, 0.3) is 0 Å². The van der Waals surface area contributed by atoms with E-state index in [1.807, 2.05) is 99.6 Å². The topological polar surface area (TPSA) is 44.7 Å². The van der Waals surface area contributed by atoms with Gasteiger partial charge in [-0.25, -0.2) is 4.99 Å². The van der Waals surface area contributed by atoms with Crippen LogP contribution >= 0.6 is 0 Å². The number of fused-ring (bicyclic) bond motifs is 1. The molecule has 1 atom stereocenters. The maximum absolute atomic E-state index is 13.7. The quantitative estimate of drug-likeness (QED) is 0.592. The van der Waals surface area contributed by atoms with Crippen LogP contribution in [0.5, 0.6) is 5.75 Å². The summed E-state index contributed by atoms with van der Waals surface area (Å²) >= 11 is 0. The number of aliphatic imine (C=N–C) groups is 1. The largest absolute Gasteiger partial charge is 0.489 e. The van der Waals surface area contributed by atoms with Gasteiger partial charge in [0.1, 0.15) is 17.0 Å². The lowest BCUT2D eigenvalue weighted by molar-refractivity contribution is 0.115. The summed E-state index contributed by atoms with van der Waals surface area (Å²) in [7, 11) is 0. The number of ether oxygens (including phenoxy) is 1. The monoisotopic (exact) mass is 371 g/mol. The summed E-state index contributed by atoms with van der Waals surface area (Å²) in [6.45, 7) is 5.84. The number of rotatable bonds is 4. The van der Waals surface area contributed by atoms with E-state index in [1.165, 1.54) is 0 Å². The van der Waals surface area contributed by atoms with Crippen molar-refractivity contribution in [3.05, 3.63) is 90.0 Å². The highest BCUT2D eigenvalue weighted by Crippen LogP contribution is 2.49. The van der Waals surface area contributed by atoms with Crippen molar-refractivity contribution in [1.82, 2.24) is 0 Å². The highest BCUT2D eigenvalue weighted by molar-refractivity contribution is 6.18. The third-order valence-corrected chi connectivity index (χ3v) is 5.02. The second-order valence-corrected chi connectivity index (χ2v) is 7.35. The molecule has 0 spiro atoms. The summed E-state index contributed by atoms with van der Waals surface area (Å²) in [5.74, 6) is 0.586. The molecular formula is C24H23N2O2. The highest BCUT2D eigenvalue weighted by atomic mass is 16.5. The molecule has 1 heterocycles. The van der Waals surface area contributed by atoms with Crippen molar-refractivity contribution in [2.24, 2.45) is 4.99 Å². The molecule has 0 N–H and O–H groups in total. The van der Waals surface area contributed by atoms with E-state index in [0.29, 0.717) is 11.4 Å². The first-order valence-corrected chi connectivity index (χ1v) is 9.49. The number of nitrogens with zero attached hydrogens (tertiary/aromatic N) is 2. The molecular weight excluding hydrogens is 348 g/mol. The van der Waals surface area contributed by atoms with Crippen LogP contribution in [0.15, 0.2) is 83.9 Å². The maximum Gasteiger partial charge on any atom is 0.146 e. The van der Waals surface area contributed by atoms with Crippen molar-refractivity contribution in [1.29, 1.82) is 0 Å². The Morgan fingerprint density at radius 2 is 1.54 bits per heavy atom. The van der Waals surface area contributed by atoms with Gasteiger partial charge in [0.05, 0.1) is 17.5 Å². The van der Waals surface area contributed by atoms with E-state index in [-0.39, 0.29) is 6.10 Å². The summed E-state index contributed by atoms with van der Waals surface area (Å²) in [6.07, 6.45) is -0.0296. The summed E-state index contributed by atoms with van der Waals surface area (Å²) in [6, 6.07) is 25.2. The predicted molar refractivity (Wildman–Crippen MR) is 112 cm³/mol. The fourth-order valence-corrected chi connectivity index (χ4v) is 3.67. The second-order valence-electron chi connectivity index (χ2n) is 7.35. The van der Waals surface area contributed by atoms with Crippen LogP contribution in [0.1, 0.15) is 31.9 Å². The average Bonchev–Trinajstić information content (AvgIpc) is 2.93. The summed E-state index contributed by atoms with van der Waals surface area (Å²) in [5, 5.41) is 14.7. The van der Waals surface area contributed by atoms with Gasteiger partial charge in [-0.05, 0) is 44.5 Å². The normalized spacial score (nSPS) is 19.9.